The molecule has 8 heteroatoms. The van der Waals surface area contributed by atoms with Crippen molar-refractivity contribution >= 4 is 10.1 Å². The maximum atomic E-state index is 12.5. The van der Waals surface area contributed by atoms with Gasteiger partial charge in [0.25, 0.3) is 0 Å². The second-order valence-electron chi connectivity index (χ2n) is 6.16. The number of alkyl halides is 3. The van der Waals surface area contributed by atoms with Gasteiger partial charge in [-0.25, -0.2) is 0 Å². The number of fused-ring (bicyclic) bond motifs is 2. The molecule has 0 radical (unpaired) electrons. The van der Waals surface area contributed by atoms with Crippen LogP contribution in [0.2, 0.25) is 0 Å². The standard InChI is InChI=1S/C20H13F3O4S/c21-20(22,23)28(24,25)27-14-11-9-13(10-12-14)19-15-5-1-3-7-17(15)26-18-8-4-2-6-16(18)19/h1-12,19H. The van der Waals surface area contributed by atoms with E-state index in [1.165, 1.54) is 12.1 Å². The van der Waals surface area contributed by atoms with Crippen LogP contribution in [0, 0.1) is 0 Å². The van der Waals surface area contributed by atoms with Gasteiger partial charge in [-0.2, -0.15) is 21.6 Å². The van der Waals surface area contributed by atoms with Gasteiger partial charge in [-0.05, 0) is 29.8 Å². The van der Waals surface area contributed by atoms with Crippen molar-refractivity contribution in [3.05, 3.63) is 89.5 Å². The van der Waals surface area contributed by atoms with Crippen molar-refractivity contribution in [3.63, 3.8) is 0 Å². The summed E-state index contributed by atoms with van der Waals surface area (Å²) in [6.45, 7) is 0. The maximum Gasteiger partial charge on any atom is 0.534 e. The molecule has 0 unspecified atom stereocenters. The molecular formula is C20H13F3O4S. The Morgan fingerprint density at radius 1 is 0.786 bits per heavy atom. The van der Waals surface area contributed by atoms with E-state index in [1.807, 2.05) is 48.5 Å². The summed E-state index contributed by atoms with van der Waals surface area (Å²) in [7, 11) is -5.71. The lowest BCUT2D eigenvalue weighted by Crippen LogP contribution is -2.28. The fraction of sp³-hybridized carbons (Fsp3) is 0.100. The van der Waals surface area contributed by atoms with E-state index < -0.39 is 21.4 Å². The Balaban J connectivity index is 1.73. The first-order chi connectivity index (χ1) is 13.3. The molecular weight excluding hydrogens is 393 g/mol. The number of halogens is 3. The summed E-state index contributed by atoms with van der Waals surface area (Å²) in [6, 6.07) is 20.5. The van der Waals surface area contributed by atoms with Gasteiger partial charge in [0.2, 0.25) is 0 Å². The lowest BCUT2D eigenvalue weighted by Gasteiger charge is -2.28. The van der Waals surface area contributed by atoms with Gasteiger partial charge in [0.15, 0.2) is 0 Å². The van der Waals surface area contributed by atoms with Crippen molar-refractivity contribution in [2.45, 2.75) is 11.4 Å². The molecule has 0 saturated carbocycles. The minimum Gasteiger partial charge on any atom is -0.457 e. The van der Waals surface area contributed by atoms with Crippen molar-refractivity contribution in [2.75, 3.05) is 0 Å². The summed E-state index contributed by atoms with van der Waals surface area (Å²) in [6.07, 6.45) is 0. The van der Waals surface area contributed by atoms with Crippen LogP contribution in [0.4, 0.5) is 13.2 Å². The topological polar surface area (TPSA) is 52.6 Å². The van der Waals surface area contributed by atoms with E-state index >= 15 is 0 Å². The Hall–Kier alpha value is -3.00. The zero-order valence-electron chi connectivity index (χ0n) is 14.2. The fourth-order valence-corrected chi connectivity index (χ4v) is 3.62. The summed E-state index contributed by atoms with van der Waals surface area (Å²) in [5.41, 5.74) is -2.92. The third-order valence-electron chi connectivity index (χ3n) is 4.38. The van der Waals surface area contributed by atoms with E-state index in [2.05, 4.69) is 4.18 Å². The Kier molecular flexibility index (Phi) is 4.30. The minimum atomic E-state index is -5.71. The van der Waals surface area contributed by atoms with Crippen molar-refractivity contribution in [3.8, 4) is 17.2 Å². The van der Waals surface area contributed by atoms with Crippen LogP contribution in [0.15, 0.2) is 72.8 Å². The van der Waals surface area contributed by atoms with Crippen LogP contribution in [0.25, 0.3) is 0 Å². The molecule has 0 bridgehead atoms. The van der Waals surface area contributed by atoms with E-state index in [4.69, 9.17) is 4.74 Å². The highest BCUT2D eigenvalue weighted by atomic mass is 32.2. The normalized spacial score (nSPS) is 14.0. The third kappa shape index (κ3) is 3.20. The summed E-state index contributed by atoms with van der Waals surface area (Å²) < 4.78 is 69.9. The Bertz CT molecular complexity index is 1080. The molecule has 0 aliphatic carbocycles. The lowest BCUT2D eigenvalue weighted by molar-refractivity contribution is -0.0500. The van der Waals surface area contributed by atoms with E-state index in [1.54, 1.807) is 12.1 Å². The Morgan fingerprint density at radius 3 is 1.79 bits per heavy atom. The van der Waals surface area contributed by atoms with Crippen LogP contribution in [0.5, 0.6) is 17.2 Å². The monoisotopic (exact) mass is 406 g/mol. The number of para-hydroxylation sites is 2. The average Bonchev–Trinajstić information content (AvgIpc) is 2.66. The molecule has 28 heavy (non-hydrogen) atoms. The number of hydrogen-bond donors (Lipinski definition) is 0. The first-order valence-corrected chi connectivity index (χ1v) is 9.63. The molecule has 0 N–H and O–H groups in total. The van der Waals surface area contributed by atoms with E-state index in [-0.39, 0.29) is 5.92 Å². The second-order valence-corrected chi connectivity index (χ2v) is 7.70. The van der Waals surface area contributed by atoms with Crippen LogP contribution in [-0.2, 0) is 10.1 Å². The van der Waals surface area contributed by atoms with Gasteiger partial charge in [0.1, 0.15) is 17.2 Å². The van der Waals surface area contributed by atoms with Crippen LogP contribution in [0.3, 0.4) is 0 Å². The molecule has 3 aromatic carbocycles. The van der Waals surface area contributed by atoms with Gasteiger partial charge in [-0.3, -0.25) is 0 Å². The van der Waals surface area contributed by atoms with E-state index in [0.29, 0.717) is 11.5 Å². The van der Waals surface area contributed by atoms with Crippen molar-refractivity contribution in [2.24, 2.45) is 0 Å². The first-order valence-electron chi connectivity index (χ1n) is 8.23. The van der Waals surface area contributed by atoms with Crippen LogP contribution in [-0.4, -0.2) is 13.9 Å². The number of hydrogen-bond acceptors (Lipinski definition) is 4. The average molecular weight is 406 g/mol. The summed E-state index contributed by atoms with van der Waals surface area (Å²) in [5, 5.41) is 0. The number of benzene rings is 3. The predicted octanol–water partition coefficient (Wildman–Crippen LogP) is 5.20. The van der Waals surface area contributed by atoms with Gasteiger partial charge in [0, 0.05) is 17.0 Å². The number of ether oxygens (including phenoxy) is 1. The zero-order chi connectivity index (χ0) is 19.9. The molecule has 1 aliphatic rings. The van der Waals surface area contributed by atoms with E-state index in [9.17, 15) is 21.6 Å². The summed E-state index contributed by atoms with van der Waals surface area (Å²) in [5.74, 6) is 0.751. The second kappa shape index (κ2) is 6.56. The minimum absolute atomic E-state index is 0.213. The lowest BCUT2D eigenvalue weighted by atomic mass is 9.83. The van der Waals surface area contributed by atoms with Gasteiger partial charge in [-0.1, -0.05) is 48.5 Å². The molecule has 0 fully saturated rings. The predicted molar refractivity (Wildman–Crippen MR) is 95.9 cm³/mol. The Morgan fingerprint density at radius 2 is 1.29 bits per heavy atom. The highest BCUT2D eigenvalue weighted by Gasteiger charge is 2.48. The molecule has 0 spiro atoms. The largest absolute Gasteiger partial charge is 0.534 e. The molecule has 3 aromatic rings. The summed E-state index contributed by atoms with van der Waals surface area (Å²) in [4.78, 5) is 0. The molecule has 0 saturated heterocycles. The third-order valence-corrected chi connectivity index (χ3v) is 5.36. The van der Waals surface area contributed by atoms with Crippen LogP contribution in [0.1, 0.15) is 22.6 Å². The van der Waals surface area contributed by atoms with Crippen LogP contribution < -0.4 is 8.92 Å². The SMILES string of the molecule is O=S(=O)(Oc1ccc(C2c3ccccc3Oc3ccccc32)cc1)C(F)(F)F. The van der Waals surface area contributed by atoms with Gasteiger partial charge < -0.3 is 8.92 Å². The van der Waals surface area contributed by atoms with Crippen LogP contribution >= 0.6 is 0 Å². The van der Waals surface area contributed by atoms with Gasteiger partial charge in [-0.15, -0.1) is 0 Å². The zero-order valence-corrected chi connectivity index (χ0v) is 15.0. The maximum absolute atomic E-state index is 12.5. The highest BCUT2D eigenvalue weighted by molar-refractivity contribution is 7.88. The molecule has 4 nitrogen and oxygen atoms in total. The molecule has 0 amide bonds. The Labute approximate surface area is 159 Å². The summed E-state index contributed by atoms with van der Waals surface area (Å²) >= 11 is 0. The molecule has 0 aromatic heterocycles. The molecule has 144 valence electrons. The fourth-order valence-electron chi connectivity index (χ4n) is 3.16. The quantitative estimate of drug-likeness (QED) is 0.347. The number of rotatable bonds is 3. The van der Waals surface area contributed by atoms with E-state index in [0.717, 1.165) is 16.7 Å². The van der Waals surface area contributed by atoms with Gasteiger partial charge in [0.05, 0.1) is 0 Å². The molecule has 1 aliphatic heterocycles. The first kappa shape index (κ1) is 18.4. The molecule has 1 heterocycles. The van der Waals surface area contributed by atoms with Gasteiger partial charge >= 0.3 is 15.6 Å². The molecule has 0 atom stereocenters. The molecule has 4 rings (SSSR count). The van der Waals surface area contributed by atoms with Crippen molar-refractivity contribution in [1.82, 2.24) is 0 Å². The smallest absolute Gasteiger partial charge is 0.457 e. The highest BCUT2D eigenvalue weighted by Crippen LogP contribution is 2.47. The van der Waals surface area contributed by atoms with Crippen molar-refractivity contribution in [1.29, 1.82) is 0 Å². The van der Waals surface area contributed by atoms with Crippen molar-refractivity contribution < 1.29 is 30.5 Å².